The highest BCUT2D eigenvalue weighted by atomic mass is 19.1. The van der Waals surface area contributed by atoms with Gasteiger partial charge in [0.1, 0.15) is 12.4 Å². The fraction of sp³-hybridized carbons (Fsp3) is 0.200. The molecule has 0 saturated carbocycles. The van der Waals surface area contributed by atoms with Crippen molar-refractivity contribution in [2.45, 2.75) is 6.61 Å². The minimum Gasteiger partial charge on any atom is -0.486 e. The van der Waals surface area contributed by atoms with Gasteiger partial charge < -0.3 is 4.74 Å². The number of nitrogens with zero attached hydrogens (tertiary/aromatic N) is 3. The van der Waals surface area contributed by atoms with Gasteiger partial charge in [0, 0.05) is 13.2 Å². The molecule has 0 N–H and O–H groups in total. The third-order valence-corrected chi connectivity index (χ3v) is 1.86. The monoisotopic (exact) mass is 207 g/mol. The number of pyridine rings is 1. The lowest BCUT2D eigenvalue weighted by Crippen LogP contribution is -1.98. The van der Waals surface area contributed by atoms with Crippen LogP contribution in [0.5, 0.6) is 5.75 Å². The highest BCUT2D eigenvalue weighted by molar-refractivity contribution is 5.16. The summed E-state index contributed by atoms with van der Waals surface area (Å²) in [5, 5.41) is 4.14. The maximum Gasteiger partial charge on any atom is 0.213 e. The van der Waals surface area contributed by atoms with Crippen LogP contribution < -0.4 is 4.74 Å². The van der Waals surface area contributed by atoms with E-state index < -0.39 is 5.95 Å². The molecule has 0 aliphatic heterocycles. The number of ether oxygens (including phenoxy) is 1. The quantitative estimate of drug-likeness (QED) is 0.716. The van der Waals surface area contributed by atoms with Gasteiger partial charge in [0.05, 0.1) is 11.9 Å². The molecule has 0 bridgehead atoms. The lowest BCUT2D eigenvalue weighted by molar-refractivity contribution is 0.298. The Morgan fingerprint density at radius 1 is 1.40 bits per heavy atom. The summed E-state index contributed by atoms with van der Waals surface area (Å²) in [4.78, 5) is 3.48. The van der Waals surface area contributed by atoms with Gasteiger partial charge in [0.25, 0.3) is 0 Å². The minimum atomic E-state index is -0.514. The van der Waals surface area contributed by atoms with Gasteiger partial charge in [-0.25, -0.2) is 4.98 Å². The average Bonchev–Trinajstić information content (AvgIpc) is 2.64. The lowest BCUT2D eigenvalue weighted by atomic mass is 10.4. The largest absolute Gasteiger partial charge is 0.486 e. The maximum atomic E-state index is 12.5. The first-order valence-electron chi connectivity index (χ1n) is 4.47. The van der Waals surface area contributed by atoms with Crippen molar-refractivity contribution in [3.63, 3.8) is 0 Å². The highest BCUT2D eigenvalue weighted by Gasteiger charge is 1.99. The van der Waals surface area contributed by atoms with Gasteiger partial charge in [-0.1, -0.05) is 0 Å². The van der Waals surface area contributed by atoms with Crippen molar-refractivity contribution >= 4 is 0 Å². The molecule has 78 valence electrons. The molecule has 2 heterocycles. The Morgan fingerprint density at radius 2 is 2.27 bits per heavy atom. The average molecular weight is 207 g/mol. The van der Waals surface area contributed by atoms with Gasteiger partial charge >= 0.3 is 0 Å². The Labute approximate surface area is 86.3 Å². The fourth-order valence-electron chi connectivity index (χ4n) is 1.15. The number of hydrogen-bond donors (Lipinski definition) is 0. The van der Waals surface area contributed by atoms with Gasteiger partial charge in [-0.15, -0.1) is 0 Å². The molecule has 2 rings (SSSR count). The molecular weight excluding hydrogens is 197 g/mol. The standard InChI is InChI=1S/C10H10FN3O/c1-14-5-4-8(13-14)7-15-9-2-3-10(11)12-6-9/h2-6H,7H2,1H3. The SMILES string of the molecule is Cn1ccc(COc2ccc(F)nc2)n1. The van der Waals surface area contributed by atoms with E-state index in [1.165, 1.54) is 18.3 Å². The van der Waals surface area contributed by atoms with Crippen molar-refractivity contribution < 1.29 is 9.13 Å². The number of halogens is 1. The first-order valence-corrected chi connectivity index (χ1v) is 4.47. The van der Waals surface area contributed by atoms with Crippen LogP contribution in [0.3, 0.4) is 0 Å². The molecule has 5 heteroatoms. The first kappa shape index (κ1) is 9.64. The summed E-state index contributed by atoms with van der Waals surface area (Å²) < 4.78 is 19.5. The van der Waals surface area contributed by atoms with Crippen LogP contribution in [0.25, 0.3) is 0 Å². The van der Waals surface area contributed by atoms with E-state index in [0.29, 0.717) is 12.4 Å². The summed E-state index contributed by atoms with van der Waals surface area (Å²) in [5.41, 5.74) is 0.821. The second-order valence-electron chi connectivity index (χ2n) is 3.09. The topological polar surface area (TPSA) is 39.9 Å². The summed E-state index contributed by atoms with van der Waals surface area (Å²) in [7, 11) is 1.84. The summed E-state index contributed by atoms with van der Waals surface area (Å²) >= 11 is 0. The van der Waals surface area contributed by atoms with Crippen molar-refractivity contribution in [2.24, 2.45) is 7.05 Å². The third-order valence-electron chi connectivity index (χ3n) is 1.86. The molecular formula is C10H10FN3O. The number of hydrogen-bond acceptors (Lipinski definition) is 3. The van der Waals surface area contributed by atoms with Crippen molar-refractivity contribution in [2.75, 3.05) is 0 Å². The molecule has 4 nitrogen and oxygen atoms in total. The van der Waals surface area contributed by atoms with Crippen LogP contribution in [-0.2, 0) is 13.7 Å². The van der Waals surface area contributed by atoms with E-state index in [2.05, 4.69) is 10.1 Å². The van der Waals surface area contributed by atoms with Crippen LogP contribution in [-0.4, -0.2) is 14.8 Å². The molecule has 0 aliphatic rings. The number of aromatic nitrogens is 3. The number of aryl methyl sites for hydroxylation is 1. The predicted molar refractivity (Wildman–Crippen MR) is 51.7 cm³/mol. The van der Waals surface area contributed by atoms with Gasteiger partial charge in [-0.3, -0.25) is 4.68 Å². The Balaban J connectivity index is 1.96. The van der Waals surface area contributed by atoms with E-state index in [0.717, 1.165) is 5.69 Å². The Bertz CT molecular complexity index is 438. The van der Waals surface area contributed by atoms with Crippen LogP contribution in [0.2, 0.25) is 0 Å². The van der Waals surface area contributed by atoms with E-state index in [4.69, 9.17) is 4.74 Å². The third kappa shape index (κ3) is 2.52. The Hall–Kier alpha value is -1.91. The molecule has 0 radical (unpaired) electrons. The molecule has 0 spiro atoms. The van der Waals surface area contributed by atoms with Crippen molar-refractivity contribution in [3.05, 3.63) is 42.2 Å². The minimum absolute atomic E-state index is 0.355. The van der Waals surface area contributed by atoms with Crippen LogP contribution in [0.4, 0.5) is 4.39 Å². The number of rotatable bonds is 3. The van der Waals surface area contributed by atoms with Crippen molar-refractivity contribution in [1.82, 2.24) is 14.8 Å². The van der Waals surface area contributed by atoms with Crippen molar-refractivity contribution in [1.29, 1.82) is 0 Å². The smallest absolute Gasteiger partial charge is 0.213 e. The highest BCUT2D eigenvalue weighted by Crippen LogP contribution is 2.10. The molecule has 2 aromatic heterocycles. The van der Waals surface area contributed by atoms with Crippen molar-refractivity contribution in [3.8, 4) is 5.75 Å². The second kappa shape index (κ2) is 4.08. The molecule has 0 amide bonds. The van der Waals surface area contributed by atoms with Gasteiger partial charge in [-0.05, 0) is 18.2 Å². The van der Waals surface area contributed by atoms with E-state index in [-0.39, 0.29) is 0 Å². The zero-order valence-corrected chi connectivity index (χ0v) is 8.22. The molecule has 0 unspecified atom stereocenters. The lowest BCUT2D eigenvalue weighted by Gasteiger charge is -2.02. The molecule has 2 aromatic rings. The van der Waals surface area contributed by atoms with E-state index in [9.17, 15) is 4.39 Å². The summed E-state index contributed by atoms with van der Waals surface area (Å²) in [6, 6.07) is 4.65. The predicted octanol–water partition coefficient (Wildman–Crippen LogP) is 1.53. The fourth-order valence-corrected chi connectivity index (χ4v) is 1.15. The Morgan fingerprint density at radius 3 is 2.87 bits per heavy atom. The van der Waals surface area contributed by atoms with Gasteiger partial charge in [0.2, 0.25) is 5.95 Å². The molecule has 0 saturated heterocycles. The molecule has 0 fully saturated rings. The summed E-state index contributed by atoms with van der Waals surface area (Å²) in [6.07, 6.45) is 3.18. The molecule has 0 aliphatic carbocycles. The molecule has 15 heavy (non-hydrogen) atoms. The summed E-state index contributed by atoms with van der Waals surface area (Å²) in [5.74, 6) is 0.0160. The maximum absolute atomic E-state index is 12.5. The van der Waals surface area contributed by atoms with Crippen LogP contribution in [0.1, 0.15) is 5.69 Å². The molecule has 0 aromatic carbocycles. The van der Waals surface area contributed by atoms with Gasteiger partial charge in [-0.2, -0.15) is 9.49 Å². The zero-order valence-electron chi connectivity index (χ0n) is 8.22. The molecule has 0 atom stereocenters. The Kier molecular flexibility index (Phi) is 2.62. The van der Waals surface area contributed by atoms with Crippen LogP contribution in [0.15, 0.2) is 30.6 Å². The van der Waals surface area contributed by atoms with E-state index in [1.54, 1.807) is 4.68 Å². The van der Waals surface area contributed by atoms with Crippen LogP contribution in [0, 0.1) is 5.95 Å². The van der Waals surface area contributed by atoms with Crippen LogP contribution >= 0.6 is 0 Å². The first-order chi connectivity index (χ1) is 7.24. The summed E-state index contributed by atoms with van der Waals surface area (Å²) in [6.45, 7) is 0.355. The van der Waals surface area contributed by atoms with Gasteiger partial charge in [0.15, 0.2) is 0 Å². The zero-order chi connectivity index (χ0) is 10.7. The second-order valence-corrected chi connectivity index (χ2v) is 3.09. The normalized spacial score (nSPS) is 10.3. The van der Waals surface area contributed by atoms with E-state index >= 15 is 0 Å². The van der Waals surface area contributed by atoms with E-state index in [1.807, 2.05) is 19.3 Å².